The van der Waals surface area contributed by atoms with Crippen LogP contribution in [0.1, 0.15) is 35.9 Å². The van der Waals surface area contributed by atoms with Crippen LogP contribution in [0.25, 0.3) is 11.0 Å². The maximum absolute atomic E-state index is 11.0. The second-order valence-corrected chi connectivity index (χ2v) is 4.03. The van der Waals surface area contributed by atoms with Crippen LogP contribution < -0.4 is 4.74 Å². The van der Waals surface area contributed by atoms with Crippen LogP contribution in [-0.2, 0) is 6.42 Å². The second kappa shape index (κ2) is 5.04. The largest absolute Gasteiger partial charge is 0.493 e. The van der Waals surface area contributed by atoms with E-state index in [2.05, 4.69) is 6.92 Å². The van der Waals surface area contributed by atoms with E-state index in [0.717, 1.165) is 36.7 Å². The highest BCUT2D eigenvalue weighted by molar-refractivity contribution is 5.98. The number of ether oxygens (including phenoxy) is 1. The molecule has 0 atom stereocenters. The molecular formula is C14H16O3. The molecule has 0 spiro atoms. The van der Waals surface area contributed by atoms with Crippen LogP contribution in [0.5, 0.6) is 5.75 Å². The summed E-state index contributed by atoms with van der Waals surface area (Å²) in [6.45, 7) is 2.14. The number of hydrogen-bond acceptors (Lipinski definition) is 3. The molecule has 90 valence electrons. The third-order valence-corrected chi connectivity index (χ3v) is 2.86. The van der Waals surface area contributed by atoms with Crippen molar-refractivity contribution in [3.8, 4) is 5.75 Å². The Hall–Kier alpha value is -1.77. The molecule has 2 rings (SSSR count). The standard InChI is InChI=1S/C14H16O3/c1-3-4-5-11-8-12-10(9-15)6-7-13(16-2)14(12)17-11/h6-9H,3-5H2,1-2H3. The van der Waals surface area contributed by atoms with Gasteiger partial charge in [-0.1, -0.05) is 13.3 Å². The zero-order valence-electron chi connectivity index (χ0n) is 10.2. The number of benzene rings is 1. The summed E-state index contributed by atoms with van der Waals surface area (Å²) in [5.74, 6) is 1.59. The Kier molecular flexibility index (Phi) is 3.47. The first kappa shape index (κ1) is 11.7. The lowest BCUT2D eigenvalue weighted by Gasteiger charge is -2.00. The van der Waals surface area contributed by atoms with Crippen LogP contribution in [-0.4, -0.2) is 13.4 Å². The van der Waals surface area contributed by atoms with E-state index in [4.69, 9.17) is 9.15 Å². The first-order valence-corrected chi connectivity index (χ1v) is 5.84. The summed E-state index contributed by atoms with van der Waals surface area (Å²) in [4.78, 5) is 11.0. The fourth-order valence-corrected chi connectivity index (χ4v) is 1.91. The lowest BCUT2D eigenvalue weighted by atomic mass is 10.1. The van der Waals surface area contributed by atoms with Crippen LogP contribution >= 0.6 is 0 Å². The van der Waals surface area contributed by atoms with E-state index in [0.29, 0.717) is 16.9 Å². The molecular weight excluding hydrogens is 216 g/mol. The summed E-state index contributed by atoms with van der Waals surface area (Å²) in [5, 5.41) is 0.838. The van der Waals surface area contributed by atoms with Crippen LogP contribution in [0, 0.1) is 0 Å². The number of unbranched alkanes of at least 4 members (excludes halogenated alkanes) is 1. The van der Waals surface area contributed by atoms with Crippen molar-refractivity contribution < 1.29 is 13.9 Å². The van der Waals surface area contributed by atoms with Gasteiger partial charge in [0, 0.05) is 17.4 Å². The summed E-state index contributed by atoms with van der Waals surface area (Å²) >= 11 is 0. The third-order valence-electron chi connectivity index (χ3n) is 2.86. The number of hydrogen-bond donors (Lipinski definition) is 0. The van der Waals surface area contributed by atoms with Crippen molar-refractivity contribution in [2.45, 2.75) is 26.2 Å². The molecule has 0 unspecified atom stereocenters. The predicted octanol–water partition coefficient (Wildman–Crippen LogP) is 3.60. The number of fused-ring (bicyclic) bond motifs is 1. The van der Waals surface area contributed by atoms with Crippen LogP contribution in [0.4, 0.5) is 0 Å². The van der Waals surface area contributed by atoms with E-state index >= 15 is 0 Å². The molecule has 0 fully saturated rings. The van der Waals surface area contributed by atoms with Gasteiger partial charge in [-0.15, -0.1) is 0 Å². The van der Waals surface area contributed by atoms with E-state index < -0.39 is 0 Å². The highest BCUT2D eigenvalue weighted by Gasteiger charge is 2.12. The zero-order chi connectivity index (χ0) is 12.3. The molecule has 0 aliphatic heterocycles. The molecule has 1 aromatic heterocycles. The van der Waals surface area contributed by atoms with Crippen molar-refractivity contribution in [1.82, 2.24) is 0 Å². The molecule has 2 aromatic rings. The molecule has 1 heterocycles. The van der Waals surface area contributed by atoms with Gasteiger partial charge in [0.05, 0.1) is 7.11 Å². The molecule has 0 N–H and O–H groups in total. The number of furan rings is 1. The average Bonchev–Trinajstić information content (AvgIpc) is 2.78. The zero-order valence-corrected chi connectivity index (χ0v) is 10.2. The molecule has 0 amide bonds. The number of aldehydes is 1. The molecule has 0 bridgehead atoms. The Labute approximate surface area is 100 Å². The van der Waals surface area contributed by atoms with Gasteiger partial charge < -0.3 is 9.15 Å². The highest BCUT2D eigenvalue weighted by Crippen LogP contribution is 2.31. The van der Waals surface area contributed by atoms with Crippen LogP contribution in [0.15, 0.2) is 22.6 Å². The summed E-state index contributed by atoms with van der Waals surface area (Å²) < 4.78 is 11.0. The number of carbonyl (C=O) groups is 1. The minimum atomic E-state index is 0.646. The van der Waals surface area contributed by atoms with Crippen molar-refractivity contribution in [1.29, 1.82) is 0 Å². The van der Waals surface area contributed by atoms with Gasteiger partial charge in [0.1, 0.15) is 5.76 Å². The van der Waals surface area contributed by atoms with Crippen molar-refractivity contribution >= 4 is 17.3 Å². The first-order valence-electron chi connectivity index (χ1n) is 5.84. The van der Waals surface area contributed by atoms with Crippen molar-refractivity contribution in [2.24, 2.45) is 0 Å². The molecule has 3 heteroatoms. The van der Waals surface area contributed by atoms with Crippen LogP contribution in [0.3, 0.4) is 0 Å². The molecule has 17 heavy (non-hydrogen) atoms. The molecule has 0 saturated carbocycles. The molecule has 0 aliphatic carbocycles. The number of aryl methyl sites for hydroxylation is 1. The Morgan fingerprint density at radius 1 is 1.41 bits per heavy atom. The van der Waals surface area contributed by atoms with Gasteiger partial charge in [0.25, 0.3) is 0 Å². The number of rotatable bonds is 5. The molecule has 0 saturated heterocycles. The minimum absolute atomic E-state index is 0.646. The summed E-state index contributed by atoms with van der Waals surface area (Å²) in [6, 6.07) is 5.46. The number of carbonyl (C=O) groups excluding carboxylic acids is 1. The van der Waals surface area contributed by atoms with Gasteiger partial charge in [0.2, 0.25) is 0 Å². The van der Waals surface area contributed by atoms with Gasteiger partial charge in [-0.3, -0.25) is 4.79 Å². The van der Waals surface area contributed by atoms with Crippen molar-refractivity contribution in [2.75, 3.05) is 7.11 Å². The first-order chi connectivity index (χ1) is 8.30. The minimum Gasteiger partial charge on any atom is -0.493 e. The van der Waals surface area contributed by atoms with Crippen LogP contribution in [0.2, 0.25) is 0 Å². The Bertz CT molecular complexity index is 525. The lowest BCUT2D eigenvalue weighted by molar-refractivity contribution is 0.112. The maximum Gasteiger partial charge on any atom is 0.176 e. The SMILES string of the molecule is CCCCc1cc2c(C=O)ccc(OC)c2o1. The van der Waals surface area contributed by atoms with Gasteiger partial charge in [-0.05, 0) is 24.6 Å². The van der Waals surface area contributed by atoms with Gasteiger partial charge in [-0.25, -0.2) is 0 Å². The van der Waals surface area contributed by atoms with Crippen molar-refractivity contribution in [3.05, 3.63) is 29.5 Å². The maximum atomic E-state index is 11.0. The molecule has 0 aliphatic rings. The van der Waals surface area contributed by atoms with Gasteiger partial charge >= 0.3 is 0 Å². The average molecular weight is 232 g/mol. The fourth-order valence-electron chi connectivity index (χ4n) is 1.91. The molecule has 3 nitrogen and oxygen atoms in total. The summed E-state index contributed by atoms with van der Waals surface area (Å²) in [6.07, 6.45) is 3.95. The van der Waals surface area contributed by atoms with E-state index in [1.54, 1.807) is 19.2 Å². The Balaban J connectivity index is 2.51. The van der Waals surface area contributed by atoms with E-state index in [9.17, 15) is 4.79 Å². The molecule has 1 aromatic carbocycles. The second-order valence-electron chi connectivity index (χ2n) is 4.03. The van der Waals surface area contributed by atoms with E-state index in [1.165, 1.54) is 0 Å². The van der Waals surface area contributed by atoms with Gasteiger partial charge in [-0.2, -0.15) is 0 Å². The Morgan fingerprint density at radius 3 is 2.88 bits per heavy atom. The fraction of sp³-hybridized carbons (Fsp3) is 0.357. The highest BCUT2D eigenvalue weighted by atomic mass is 16.5. The quantitative estimate of drug-likeness (QED) is 0.739. The molecule has 0 radical (unpaired) electrons. The topological polar surface area (TPSA) is 39.4 Å². The lowest BCUT2D eigenvalue weighted by Crippen LogP contribution is -1.86. The third kappa shape index (κ3) is 2.18. The number of methoxy groups -OCH3 is 1. The van der Waals surface area contributed by atoms with E-state index in [-0.39, 0.29) is 0 Å². The van der Waals surface area contributed by atoms with Crippen molar-refractivity contribution in [3.63, 3.8) is 0 Å². The summed E-state index contributed by atoms with van der Waals surface area (Å²) in [5.41, 5.74) is 1.32. The monoisotopic (exact) mass is 232 g/mol. The predicted molar refractivity (Wildman–Crippen MR) is 66.8 cm³/mol. The van der Waals surface area contributed by atoms with Gasteiger partial charge in [0.15, 0.2) is 17.6 Å². The normalized spacial score (nSPS) is 10.7. The summed E-state index contributed by atoms with van der Waals surface area (Å²) in [7, 11) is 1.60. The smallest absolute Gasteiger partial charge is 0.176 e. The Morgan fingerprint density at radius 2 is 2.24 bits per heavy atom. The van der Waals surface area contributed by atoms with E-state index in [1.807, 2.05) is 6.07 Å².